The van der Waals surface area contributed by atoms with Gasteiger partial charge in [0, 0.05) is 37.7 Å². The molecular weight excluding hydrogens is 275 g/mol. The number of ether oxygens (including phenoxy) is 1. The Morgan fingerprint density at radius 1 is 1.48 bits per heavy atom. The molecule has 0 spiro atoms. The number of carbonyl (C=O) groups is 1. The fourth-order valence-electron chi connectivity index (χ4n) is 2.20. The molecule has 21 heavy (non-hydrogen) atoms. The van der Waals surface area contributed by atoms with Gasteiger partial charge in [0.25, 0.3) is 0 Å². The van der Waals surface area contributed by atoms with Crippen LogP contribution in [0.5, 0.6) is 0 Å². The number of halogens is 1. The molecule has 1 aromatic rings. The second kappa shape index (κ2) is 6.98. The Balaban J connectivity index is 1.72. The molecule has 6 heteroatoms. The van der Waals surface area contributed by atoms with Crippen molar-refractivity contribution in [2.24, 2.45) is 0 Å². The Labute approximate surface area is 123 Å². The predicted octanol–water partition coefficient (Wildman–Crippen LogP) is 1.28. The van der Waals surface area contributed by atoms with Gasteiger partial charge in [0.15, 0.2) is 0 Å². The highest BCUT2D eigenvalue weighted by Gasteiger charge is 2.32. The third-order valence-electron chi connectivity index (χ3n) is 3.48. The maximum absolute atomic E-state index is 12.8. The van der Waals surface area contributed by atoms with Crippen LogP contribution in [0.3, 0.4) is 0 Å². The molecule has 5 nitrogen and oxygen atoms in total. The summed E-state index contributed by atoms with van der Waals surface area (Å²) in [5, 5.41) is 16.0. The highest BCUT2D eigenvalue weighted by molar-refractivity contribution is 5.91. The van der Waals surface area contributed by atoms with Crippen LogP contribution in [0.2, 0.25) is 0 Å². The monoisotopic (exact) mass is 296 g/mol. The third kappa shape index (κ3) is 5.08. The number of nitrogens with one attached hydrogen (secondary N) is 2. The molecule has 1 saturated heterocycles. The van der Waals surface area contributed by atoms with Gasteiger partial charge in [0.05, 0.1) is 6.61 Å². The van der Waals surface area contributed by atoms with Crippen molar-refractivity contribution in [2.45, 2.75) is 31.4 Å². The standard InChI is InChI=1S/C15H21FN2O3/c1-11(17-9-15(20)6-7-21-10-15)8-14(19)18-13-4-2-12(16)3-5-13/h2-5,11,17,20H,6-10H2,1H3,(H,18,19). The number of hydrogen-bond acceptors (Lipinski definition) is 4. The molecule has 116 valence electrons. The van der Waals surface area contributed by atoms with Crippen LogP contribution in [0.1, 0.15) is 19.8 Å². The zero-order chi connectivity index (χ0) is 15.3. The quantitative estimate of drug-likeness (QED) is 0.739. The Hall–Kier alpha value is -1.50. The molecule has 1 aliphatic heterocycles. The van der Waals surface area contributed by atoms with Crippen molar-refractivity contribution < 1.29 is 19.0 Å². The normalized spacial score (nSPS) is 23.0. The third-order valence-corrected chi connectivity index (χ3v) is 3.48. The molecular formula is C15H21FN2O3. The number of hydrogen-bond donors (Lipinski definition) is 3. The topological polar surface area (TPSA) is 70.6 Å². The van der Waals surface area contributed by atoms with Gasteiger partial charge < -0.3 is 20.5 Å². The lowest BCUT2D eigenvalue weighted by atomic mass is 10.0. The fraction of sp³-hybridized carbons (Fsp3) is 0.533. The van der Waals surface area contributed by atoms with Crippen LogP contribution in [-0.4, -0.2) is 42.4 Å². The van der Waals surface area contributed by atoms with Crippen LogP contribution in [0, 0.1) is 5.82 Å². The number of rotatable bonds is 6. The van der Waals surface area contributed by atoms with E-state index < -0.39 is 5.60 Å². The average Bonchev–Trinajstić information content (AvgIpc) is 2.87. The molecule has 0 bridgehead atoms. The summed E-state index contributed by atoms with van der Waals surface area (Å²) in [4.78, 5) is 11.9. The van der Waals surface area contributed by atoms with Gasteiger partial charge in [-0.3, -0.25) is 4.79 Å². The first-order valence-corrected chi connectivity index (χ1v) is 7.06. The van der Waals surface area contributed by atoms with Gasteiger partial charge in [-0.2, -0.15) is 0 Å². The lowest BCUT2D eigenvalue weighted by Gasteiger charge is -2.23. The minimum absolute atomic E-state index is 0.0740. The number of amides is 1. The molecule has 1 aromatic carbocycles. The van der Waals surface area contributed by atoms with Gasteiger partial charge >= 0.3 is 0 Å². The SMILES string of the molecule is CC(CC(=O)Nc1ccc(F)cc1)NCC1(O)CCOC1. The van der Waals surface area contributed by atoms with Crippen molar-refractivity contribution >= 4 is 11.6 Å². The molecule has 1 fully saturated rings. The lowest BCUT2D eigenvalue weighted by Crippen LogP contribution is -2.45. The molecule has 1 heterocycles. The van der Waals surface area contributed by atoms with E-state index in [0.29, 0.717) is 31.9 Å². The van der Waals surface area contributed by atoms with Crippen LogP contribution >= 0.6 is 0 Å². The van der Waals surface area contributed by atoms with Crippen molar-refractivity contribution in [2.75, 3.05) is 25.1 Å². The van der Waals surface area contributed by atoms with Gasteiger partial charge in [-0.25, -0.2) is 4.39 Å². The molecule has 0 saturated carbocycles. The smallest absolute Gasteiger partial charge is 0.225 e. The van der Waals surface area contributed by atoms with E-state index in [2.05, 4.69) is 10.6 Å². The molecule has 1 aliphatic rings. The van der Waals surface area contributed by atoms with Crippen LogP contribution < -0.4 is 10.6 Å². The Bertz CT molecular complexity index is 472. The summed E-state index contributed by atoms with van der Waals surface area (Å²) < 4.78 is 17.9. The van der Waals surface area contributed by atoms with Crippen LogP contribution in [0.25, 0.3) is 0 Å². The van der Waals surface area contributed by atoms with E-state index in [1.807, 2.05) is 6.92 Å². The minimum atomic E-state index is -0.832. The number of benzene rings is 1. The van der Waals surface area contributed by atoms with E-state index in [1.165, 1.54) is 24.3 Å². The molecule has 0 radical (unpaired) electrons. The average molecular weight is 296 g/mol. The number of anilines is 1. The van der Waals surface area contributed by atoms with E-state index in [9.17, 15) is 14.3 Å². The lowest BCUT2D eigenvalue weighted by molar-refractivity contribution is -0.116. The highest BCUT2D eigenvalue weighted by Crippen LogP contribution is 2.17. The van der Waals surface area contributed by atoms with E-state index >= 15 is 0 Å². The Morgan fingerprint density at radius 2 is 2.19 bits per heavy atom. The number of aliphatic hydroxyl groups is 1. The second-order valence-electron chi connectivity index (χ2n) is 5.57. The molecule has 3 N–H and O–H groups in total. The van der Waals surface area contributed by atoms with Gasteiger partial charge in [-0.1, -0.05) is 0 Å². The summed E-state index contributed by atoms with van der Waals surface area (Å²) in [6.45, 7) is 3.17. The molecule has 0 aromatic heterocycles. The first-order chi connectivity index (χ1) is 9.97. The maximum atomic E-state index is 12.8. The van der Waals surface area contributed by atoms with Gasteiger partial charge in [0.1, 0.15) is 11.4 Å². The second-order valence-corrected chi connectivity index (χ2v) is 5.57. The zero-order valence-electron chi connectivity index (χ0n) is 12.1. The van der Waals surface area contributed by atoms with E-state index in [1.54, 1.807) is 0 Å². The highest BCUT2D eigenvalue weighted by atomic mass is 19.1. The maximum Gasteiger partial charge on any atom is 0.225 e. The summed E-state index contributed by atoms with van der Waals surface area (Å²) in [5.41, 5.74) is -0.266. The molecule has 1 amide bonds. The summed E-state index contributed by atoms with van der Waals surface area (Å²) in [6, 6.07) is 5.56. The zero-order valence-corrected chi connectivity index (χ0v) is 12.1. The van der Waals surface area contributed by atoms with Crippen molar-refractivity contribution in [3.8, 4) is 0 Å². The summed E-state index contributed by atoms with van der Waals surface area (Å²) >= 11 is 0. The van der Waals surface area contributed by atoms with Crippen LogP contribution in [0.15, 0.2) is 24.3 Å². The van der Waals surface area contributed by atoms with Crippen molar-refractivity contribution in [3.63, 3.8) is 0 Å². The van der Waals surface area contributed by atoms with Crippen LogP contribution in [-0.2, 0) is 9.53 Å². The minimum Gasteiger partial charge on any atom is -0.386 e. The van der Waals surface area contributed by atoms with Crippen LogP contribution in [0.4, 0.5) is 10.1 Å². The van der Waals surface area contributed by atoms with Gasteiger partial charge in [0.2, 0.25) is 5.91 Å². The molecule has 2 atom stereocenters. The Kier molecular flexibility index (Phi) is 5.27. The van der Waals surface area contributed by atoms with Crippen molar-refractivity contribution in [1.29, 1.82) is 0 Å². The van der Waals surface area contributed by atoms with Gasteiger partial charge in [-0.05, 0) is 31.2 Å². The van der Waals surface area contributed by atoms with Crippen molar-refractivity contribution in [3.05, 3.63) is 30.1 Å². The molecule has 0 aliphatic carbocycles. The summed E-state index contributed by atoms with van der Waals surface area (Å²) in [5.74, 6) is -0.494. The fourth-order valence-corrected chi connectivity index (χ4v) is 2.20. The summed E-state index contributed by atoms with van der Waals surface area (Å²) in [6.07, 6.45) is 0.878. The Morgan fingerprint density at radius 3 is 2.81 bits per heavy atom. The van der Waals surface area contributed by atoms with Gasteiger partial charge in [-0.15, -0.1) is 0 Å². The number of carbonyl (C=O) groups excluding carboxylic acids is 1. The van der Waals surface area contributed by atoms with E-state index in [-0.39, 0.29) is 24.2 Å². The van der Waals surface area contributed by atoms with E-state index in [4.69, 9.17) is 4.74 Å². The molecule has 2 rings (SSSR count). The first kappa shape index (κ1) is 15.9. The largest absolute Gasteiger partial charge is 0.386 e. The predicted molar refractivity (Wildman–Crippen MR) is 77.5 cm³/mol. The first-order valence-electron chi connectivity index (χ1n) is 7.06. The molecule has 2 unspecified atom stereocenters. The van der Waals surface area contributed by atoms with E-state index in [0.717, 1.165) is 0 Å². The summed E-state index contributed by atoms with van der Waals surface area (Å²) in [7, 11) is 0. The van der Waals surface area contributed by atoms with Crippen molar-refractivity contribution in [1.82, 2.24) is 5.32 Å².